The zero-order valence-corrected chi connectivity index (χ0v) is 6.76. The van der Waals surface area contributed by atoms with Gasteiger partial charge in [0.1, 0.15) is 0 Å². The third kappa shape index (κ3) is 1.72. The summed E-state index contributed by atoms with van der Waals surface area (Å²) in [6, 6.07) is 0. The predicted molar refractivity (Wildman–Crippen MR) is 40.3 cm³/mol. The number of hydrogen-bond acceptors (Lipinski definition) is 3. The summed E-state index contributed by atoms with van der Waals surface area (Å²) in [5.74, 6) is 1.52. The van der Waals surface area contributed by atoms with Crippen molar-refractivity contribution in [3.8, 4) is 0 Å². The number of sulfone groups is 1. The van der Waals surface area contributed by atoms with E-state index in [1.165, 1.54) is 6.26 Å². The van der Waals surface area contributed by atoms with Crippen LogP contribution in [-0.2, 0) is 9.84 Å². The highest BCUT2D eigenvalue weighted by molar-refractivity contribution is 8.02. The average molecular weight is 164 g/mol. The van der Waals surface area contributed by atoms with E-state index < -0.39 is 9.84 Å². The van der Waals surface area contributed by atoms with E-state index in [2.05, 4.69) is 0 Å². The van der Waals surface area contributed by atoms with E-state index in [1.807, 2.05) is 0 Å². The molecule has 0 fully saturated rings. The van der Waals surface area contributed by atoms with Crippen LogP contribution in [0.4, 0.5) is 0 Å². The minimum absolute atomic E-state index is 0.590. The fraction of sp³-hybridized carbons (Fsp3) is 0.600. The molecule has 0 N–H and O–H groups in total. The van der Waals surface area contributed by atoms with Crippen molar-refractivity contribution in [3.05, 3.63) is 11.0 Å². The van der Waals surface area contributed by atoms with Crippen LogP contribution in [0.15, 0.2) is 11.0 Å². The Kier molecular flexibility index (Phi) is 1.86. The van der Waals surface area contributed by atoms with Crippen LogP contribution >= 0.6 is 11.8 Å². The summed E-state index contributed by atoms with van der Waals surface area (Å²) in [7, 11) is -2.86. The quantitative estimate of drug-likeness (QED) is 0.571. The summed E-state index contributed by atoms with van der Waals surface area (Å²) < 4.78 is 21.5. The van der Waals surface area contributed by atoms with Crippen molar-refractivity contribution >= 4 is 21.6 Å². The van der Waals surface area contributed by atoms with Gasteiger partial charge in [-0.3, -0.25) is 0 Å². The normalized spacial score (nSPS) is 19.9. The molecule has 0 saturated carbocycles. The number of hydrogen-bond donors (Lipinski definition) is 0. The smallest absolute Gasteiger partial charge is 0.172 e. The second-order valence-electron chi connectivity index (χ2n) is 1.96. The molecule has 0 radical (unpaired) electrons. The zero-order valence-electron chi connectivity index (χ0n) is 5.12. The van der Waals surface area contributed by atoms with Crippen molar-refractivity contribution in [1.82, 2.24) is 0 Å². The molecular weight excluding hydrogens is 156 g/mol. The molecule has 0 unspecified atom stereocenters. The van der Waals surface area contributed by atoms with Gasteiger partial charge in [0, 0.05) is 17.8 Å². The maximum absolute atomic E-state index is 10.8. The highest BCUT2D eigenvalue weighted by Gasteiger charge is 2.14. The molecule has 0 aliphatic carbocycles. The number of thioether (sulfide) groups is 1. The van der Waals surface area contributed by atoms with Gasteiger partial charge in [-0.2, -0.15) is 11.8 Å². The van der Waals surface area contributed by atoms with Crippen LogP contribution < -0.4 is 0 Å². The fourth-order valence-electron chi connectivity index (χ4n) is 0.629. The van der Waals surface area contributed by atoms with E-state index in [-0.39, 0.29) is 0 Å². The lowest BCUT2D eigenvalue weighted by Gasteiger charge is -1.93. The zero-order chi connectivity index (χ0) is 6.91. The van der Waals surface area contributed by atoms with Gasteiger partial charge in [-0.25, -0.2) is 8.42 Å². The molecular formula is C5H8O2S2. The maximum Gasteiger partial charge on any atom is 0.172 e. The third-order valence-electron chi connectivity index (χ3n) is 1.15. The Labute approximate surface area is 59.3 Å². The Morgan fingerprint density at radius 1 is 1.67 bits per heavy atom. The van der Waals surface area contributed by atoms with Crippen molar-refractivity contribution in [3.63, 3.8) is 0 Å². The highest BCUT2D eigenvalue weighted by atomic mass is 32.2. The summed E-state index contributed by atoms with van der Waals surface area (Å²) in [5, 5.41) is 0. The Morgan fingerprint density at radius 3 is 2.56 bits per heavy atom. The van der Waals surface area contributed by atoms with Crippen LogP contribution in [0.1, 0.15) is 0 Å². The molecule has 0 bridgehead atoms. The topological polar surface area (TPSA) is 34.1 Å². The monoisotopic (exact) mass is 164 g/mol. The number of rotatable bonds is 1. The van der Waals surface area contributed by atoms with Crippen LogP contribution in [-0.4, -0.2) is 26.2 Å². The molecule has 0 amide bonds. The summed E-state index contributed by atoms with van der Waals surface area (Å²) in [6.07, 6.45) is 3.03. The van der Waals surface area contributed by atoms with E-state index >= 15 is 0 Å². The van der Waals surface area contributed by atoms with Crippen LogP contribution in [0.3, 0.4) is 0 Å². The van der Waals surface area contributed by atoms with Crippen molar-refractivity contribution in [2.45, 2.75) is 0 Å². The molecule has 1 rings (SSSR count). The van der Waals surface area contributed by atoms with E-state index in [0.717, 1.165) is 5.75 Å². The molecule has 0 aromatic heterocycles. The maximum atomic E-state index is 10.8. The standard InChI is InChI=1S/C5H8O2S2/c1-9(6,7)5-2-3-8-4-5/h2H,3-4H2,1H3. The lowest BCUT2D eigenvalue weighted by Crippen LogP contribution is -1.99. The van der Waals surface area contributed by atoms with Gasteiger partial charge in [0.15, 0.2) is 9.84 Å². The molecule has 52 valence electrons. The Bertz CT molecular complexity index is 225. The summed E-state index contributed by atoms with van der Waals surface area (Å²) in [4.78, 5) is 0.590. The highest BCUT2D eigenvalue weighted by Crippen LogP contribution is 2.20. The van der Waals surface area contributed by atoms with E-state index in [1.54, 1.807) is 17.8 Å². The van der Waals surface area contributed by atoms with Crippen molar-refractivity contribution < 1.29 is 8.42 Å². The second-order valence-corrected chi connectivity index (χ2v) is 5.06. The Hall–Kier alpha value is 0.0400. The summed E-state index contributed by atoms with van der Waals surface area (Å²) >= 11 is 1.64. The van der Waals surface area contributed by atoms with Crippen LogP contribution in [0.5, 0.6) is 0 Å². The molecule has 1 aliphatic heterocycles. The third-order valence-corrected chi connectivity index (χ3v) is 3.51. The van der Waals surface area contributed by atoms with Crippen molar-refractivity contribution in [2.75, 3.05) is 17.8 Å². The van der Waals surface area contributed by atoms with Crippen LogP contribution in [0, 0.1) is 0 Å². The largest absolute Gasteiger partial charge is 0.224 e. The molecule has 0 spiro atoms. The summed E-state index contributed by atoms with van der Waals surface area (Å²) in [6.45, 7) is 0. The lowest BCUT2D eigenvalue weighted by molar-refractivity contribution is 0.608. The first-order valence-corrected chi connectivity index (χ1v) is 5.62. The van der Waals surface area contributed by atoms with Crippen LogP contribution in [0.2, 0.25) is 0 Å². The van der Waals surface area contributed by atoms with Gasteiger partial charge in [0.2, 0.25) is 0 Å². The van der Waals surface area contributed by atoms with Gasteiger partial charge in [-0.15, -0.1) is 0 Å². The Morgan fingerprint density at radius 2 is 2.33 bits per heavy atom. The first-order chi connectivity index (χ1) is 4.11. The molecule has 9 heavy (non-hydrogen) atoms. The fourth-order valence-corrected chi connectivity index (χ4v) is 2.98. The average Bonchev–Trinajstić information content (AvgIpc) is 2.08. The molecule has 4 heteroatoms. The molecule has 0 atom stereocenters. The summed E-state index contributed by atoms with van der Waals surface area (Å²) in [5.41, 5.74) is 0. The minimum Gasteiger partial charge on any atom is -0.224 e. The molecule has 0 aromatic rings. The van der Waals surface area contributed by atoms with Gasteiger partial charge in [0.25, 0.3) is 0 Å². The second kappa shape index (κ2) is 2.34. The first kappa shape index (κ1) is 7.15. The van der Waals surface area contributed by atoms with Gasteiger partial charge < -0.3 is 0 Å². The lowest BCUT2D eigenvalue weighted by atomic mass is 10.6. The van der Waals surface area contributed by atoms with Gasteiger partial charge >= 0.3 is 0 Å². The van der Waals surface area contributed by atoms with Crippen LogP contribution in [0.25, 0.3) is 0 Å². The van der Waals surface area contributed by atoms with E-state index in [0.29, 0.717) is 10.7 Å². The van der Waals surface area contributed by atoms with Gasteiger partial charge in [-0.05, 0) is 0 Å². The minimum atomic E-state index is -2.86. The van der Waals surface area contributed by atoms with Gasteiger partial charge in [-0.1, -0.05) is 6.08 Å². The van der Waals surface area contributed by atoms with Crippen molar-refractivity contribution in [2.24, 2.45) is 0 Å². The van der Waals surface area contributed by atoms with Crippen molar-refractivity contribution in [1.29, 1.82) is 0 Å². The van der Waals surface area contributed by atoms with E-state index in [9.17, 15) is 8.42 Å². The van der Waals surface area contributed by atoms with E-state index in [4.69, 9.17) is 0 Å². The van der Waals surface area contributed by atoms with Gasteiger partial charge in [0.05, 0.1) is 4.91 Å². The molecule has 0 saturated heterocycles. The molecule has 2 nitrogen and oxygen atoms in total. The SMILES string of the molecule is CS(=O)(=O)C1=CCSC1. The predicted octanol–water partition coefficient (Wildman–Crippen LogP) is 0.662. The molecule has 1 aliphatic rings. The molecule has 0 aromatic carbocycles. The first-order valence-electron chi connectivity index (χ1n) is 2.57. The Balaban J connectivity index is 2.87. The molecule has 1 heterocycles.